The van der Waals surface area contributed by atoms with Crippen LogP contribution in [0, 0.1) is 5.92 Å². The van der Waals surface area contributed by atoms with E-state index in [9.17, 15) is 4.79 Å². The number of rotatable bonds is 1. The molecule has 0 fully saturated rings. The highest BCUT2D eigenvalue weighted by atomic mass is 32.2. The number of hydrogen-bond donors (Lipinski definition) is 1. The van der Waals surface area contributed by atoms with Gasteiger partial charge in [0.05, 0.1) is 11.4 Å². The molecule has 1 atom stereocenters. The van der Waals surface area contributed by atoms with Gasteiger partial charge in [-0.1, -0.05) is 18.2 Å². The van der Waals surface area contributed by atoms with Crippen LogP contribution in [0.2, 0.25) is 0 Å². The van der Waals surface area contributed by atoms with Crippen molar-refractivity contribution in [3.63, 3.8) is 0 Å². The van der Waals surface area contributed by atoms with Crippen molar-refractivity contribution in [2.75, 3.05) is 16.5 Å². The van der Waals surface area contributed by atoms with Crippen LogP contribution in [0.25, 0.3) is 0 Å². The van der Waals surface area contributed by atoms with Gasteiger partial charge in [-0.15, -0.1) is 11.8 Å². The van der Waals surface area contributed by atoms with Crippen molar-refractivity contribution >= 4 is 34.8 Å². The zero-order valence-corrected chi connectivity index (χ0v) is 13.4. The fourth-order valence-electron chi connectivity index (χ4n) is 3.11. The summed E-state index contributed by atoms with van der Waals surface area (Å²) >= 11 is 1.82. The van der Waals surface area contributed by atoms with Gasteiger partial charge in [-0.2, -0.15) is 5.10 Å². The highest BCUT2D eigenvalue weighted by Gasteiger charge is 2.33. The maximum absolute atomic E-state index is 12.5. The monoisotopic (exact) mass is 323 g/mol. The van der Waals surface area contributed by atoms with Crippen molar-refractivity contribution < 1.29 is 4.79 Å². The van der Waals surface area contributed by atoms with E-state index in [1.807, 2.05) is 54.2 Å². The molecule has 4 rings (SSSR count). The Morgan fingerprint density at radius 3 is 2.83 bits per heavy atom. The maximum Gasteiger partial charge on any atom is 0.248 e. The van der Waals surface area contributed by atoms with Crippen LogP contribution in [0.3, 0.4) is 0 Å². The summed E-state index contributed by atoms with van der Waals surface area (Å²) in [6, 6.07) is 15.6. The lowest BCUT2D eigenvalue weighted by atomic mass is 9.89. The van der Waals surface area contributed by atoms with E-state index >= 15 is 0 Å². The van der Waals surface area contributed by atoms with Gasteiger partial charge in [-0.3, -0.25) is 4.79 Å². The van der Waals surface area contributed by atoms with Gasteiger partial charge in [0.2, 0.25) is 5.91 Å². The lowest BCUT2D eigenvalue weighted by molar-refractivity contribution is -0.119. The number of nitrogens with zero attached hydrogens (tertiary/aromatic N) is 2. The van der Waals surface area contributed by atoms with Crippen molar-refractivity contribution in [3.05, 3.63) is 54.1 Å². The van der Waals surface area contributed by atoms with E-state index < -0.39 is 0 Å². The van der Waals surface area contributed by atoms with Gasteiger partial charge in [0, 0.05) is 28.5 Å². The smallest absolute Gasteiger partial charge is 0.248 e. The number of carbonyl (C=O) groups excluding carboxylic acids is 1. The molecule has 0 saturated carbocycles. The third-order valence-corrected chi connectivity index (χ3v) is 5.36. The first-order valence-corrected chi connectivity index (χ1v) is 8.70. The van der Waals surface area contributed by atoms with Gasteiger partial charge in [0.25, 0.3) is 0 Å². The number of nitrogens with two attached hydrogens (primary N) is 1. The molecule has 116 valence electrons. The largest absolute Gasteiger partial charge is 0.399 e. The second-order valence-corrected chi connectivity index (χ2v) is 6.96. The van der Waals surface area contributed by atoms with Crippen molar-refractivity contribution in [1.29, 1.82) is 0 Å². The van der Waals surface area contributed by atoms with E-state index in [1.54, 1.807) is 0 Å². The van der Waals surface area contributed by atoms with Crippen LogP contribution >= 0.6 is 11.8 Å². The minimum atomic E-state index is 0.0577. The van der Waals surface area contributed by atoms with Gasteiger partial charge in [0.15, 0.2) is 0 Å². The molecule has 0 saturated heterocycles. The van der Waals surface area contributed by atoms with E-state index in [-0.39, 0.29) is 11.8 Å². The minimum Gasteiger partial charge on any atom is -0.399 e. The summed E-state index contributed by atoms with van der Waals surface area (Å²) in [7, 11) is 0. The second-order valence-electron chi connectivity index (χ2n) is 5.82. The Hall–Kier alpha value is -2.27. The van der Waals surface area contributed by atoms with Gasteiger partial charge in [-0.25, -0.2) is 5.01 Å². The maximum atomic E-state index is 12.5. The van der Waals surface area contributed by atoms with Crippen LogP contribution in [0.4, 0.5) is 11.4 Å². The van der Waals surface area contributed by atoms with E-state index in [1.165, 1.54) is 9.90 Å². The second kappa shape index (κ2) is 5.74. The Balaban J connectivity index is 1.84. The number of anilines is 2. The van der Waals surface area contributed by atoms with E-state index in [0.717, 1.165) is 34.8 Å². The standard InChI is InChI=1S/C18H17N3OS/c19-13-6-7-16-15(11-13)18-12(8-9-23-16)10-17(22)21(20-18)14-4-2-1-3-5-14/h1-7,11-12H,8-10,19H2. The molecule has 0 spiro atoms. The zero-order chi connectivity index (χ0) is 15.8. The molecule has 2 aromatic rings. The number of para-hydroxylation sites is 1. The van der Waals surface area contributed by atoms with Gasteiger partial charge < -0.3 is 5.73 Å². The van der Waals surface area contributed by atoms with Gasteiger partial charge in [-0.05, 0) is 42.5 Å². The molecule has 5 heteroatoms. The normalized spacial score (nSPS) is 20.3. The number of carbonyl (C=O) groups is 1. The average Bonchev–Trinajstić information content (AvgIpc) is 2.73. The summed E-state index contributed by atoms with van der Waals surface area (Å²) in [4.78, 5) is 13.7. The van der Waals surface area contributed by atoms with Crippen LogP contribution in [-0.2, 0) is 4.79 Å². The molecule has 0 aromatic heterocycles. The van der Waals surface area contributed by atoms with Crippen molar-refractivity contribution in [2.24, 2.45) is 11.0 Å². The van der Waals surface area contributed by atoms with Crippen molar-refractivity contribution in [2.45, 2.75) is 17.7 Å². The lowest BCUT2D eigenvalue weighted by Gasteiger charge is -2.28. The molecule has 2 aliphatic rings. The molecule has 0 radical (unpaired) electrons. The summed E-state index contributed by atoms with van der Waals surface area (Å²) in [5.74, 6) is 1.24. The minimum absolute atomic E-state index is 0.0577. The molecule has 4 nitrogen and oxygen atoms in total. The number of amides is 1. The predicted molar refractivity (Wildman–Crippen MR) is 94.8 cm³/mol. The summed E-state index contributed by atoms with van der Waals surface area (Å²) in [6.45, 7) is 0. The van der Waals surface area contributed by atoms with Crippen LogP contribution in [0.1, 0.15) is 18.4 Å². The van der Waals surface area contributed by atoms with E-state index in [4.69, 9.17) is 10.8 Å². The summed E-state index contributed by atoms with van der Waals surface area (Å²) in [5, 5.41) is 6.27. The Kier molecular flexibility index (Phi) is 3.58. The zero-order valence-electron chi connectivity index (χ0n) is 12.6. The molecule has 2 N–H and O–H groups in total. The van der Waals surface area contributed by atoms with Crippen molar-refractivity contribution in [1.82, 2.24) is 0 Å². The van der Waals surface area contributed by atoms with Crippen LogP contribution in [-0.4, -0.2) is 17.4 Å². The van der Waals surface area contributed by atoms with Gasteiger partial charge >= 0.3 is 0 Å². The highest BCUT2D eigenvalue weighted by molar-refractivity contribution is 7.99. The molecule has 0 aliphatic carbocycles. The van der Waals surface area contributed by atoms with Crippen LogP contribution in [0.15, 0.2) is 58.5 Å². The van der Waals surface area contributed by atoms with Gasteiger partial charge in [0.1, 0.15) is 0 Å². The third-order valence-electron chi connectivity index (χ3n) is 4.26. The average molecular weight is 323 g/mol. The van der Waals surface area contributed by atoms with Crippen LogP contribution < -0.4 is 10.7 Å². The summed E-state index contributed by atoms with van der Waals surface area (Å²) in [6.07, 6.45) is 1.47. The SMILES string of the molecule is Nc1ccc2c(c1)C1=NN(c3ccccc3)C(=O)CC1CCS2. The molecule has 2 heterocycles. The molecule has 1 amide bonds. The number of benzene rings is 2. The predicted octanol–water partition coefficient (Wildman–Crippen LogP) is 3.52. The molecular weight excluding hydrogens is 306 g/mol. The fraction of sp³-hybridized carbons (Fsp3) is 0.222. The first-order chi connectivity index (χ1) is 11.2. The number of hydrogen-bond acceptors (Lipinski definition) is 4. The Morgan fingerprint density at radius 1 is 1.17 bits per heavy atom. The topological polar surface area (TPSA) is 58.7 Å². The number of nitrogen functional groups attached to an aromatic ring is 1. The highest BCUT2D eigenvalue weighted by Crippen LogP contribution is 2.37. The molecule has 2 aromatic carbocycles. The van der Waals surface area contributed by atoms with Crippen LogP contribution in [0.5, 0.6) is 0 Å². The molecule has 1 unspecified atom stereocenters. The number of thioether (sulfide) groups is 1. The summed E-state index contributed by atoms with van der Waals surface area (Å²) in [5.41, 5.74) is 9.59. The molecule has 23 heavy (non-hydrogen) atoms. The molecule has 2 aliphatic heterocycles. The Morgan fingerprint density at radius 2 is 2.00 bits per heavy atom. The molecular formula is C18H17N3OS. The van der Waals surface area contributed by atoms with E-state index in [2.05, 4.69) is 6.07 Å². The quantitative estimate of drug-likeness (QED) is 0.817. The summed E-state index contributed by atoms with van der Waals surface area (Å²) < 4.78 is 0. The third kappa shape index (κ3) is 2.61. The first-order valence-electron chi connectivity index (χ1n) is 7.71. The fourth-order valence-corrected chi connectivity index (χ4v) is 4.21. The first kappa shape index (κ1) is 14.3. The number of fused-ring (bicyclic) bond motifs is 3. The lowest BCUT2D eigenvalue weighted by Crippen LogP contribution is -2.37. The van der Waals surface area contributed by atoms with Crippen molar-refractivity contribution in [3.8, 4) is 0 Å². The Labute approximate surface area is 139 Å². The van der Waals surface area contributed by atoms with E-state index in [0.29, 0.717) is 6.42 Å². The molecule has 0 bridgehead atoms. The number of hydrazone groups is 1. The Bertz CT molecular complexity index is 788.